The number of fused-ring (bicyclic) bond motifs is 6. The maximum absolute atomic E-state index is 14.5. The summed E-state index contributed by atoms with van der Waals surface area (Å²) in [4.78, 5) is 144. The molecule has 6 heterocycles. The van der Waals surface area contributed by atoms with E-state index in [4.69, 9.17) is 52.1 Å². The standard InChI is InChI=1S/C54H85NO13.C51H79NO13.C4H10/c1-12-26-66-44-24-22-40(30-47(44)64-10)29-36(5)46-32-43(56)35(4)28-38(7)49(58)50(65-11)48(57)37(6)27-33(2)18-14-13-15-19-34(3)45(63-9)31-41-23-21-39(8)54(62,68-41)51(59)52(60)55-25-17-16-20-42(55)53(61)67-46;1-30-16-12-11-13-17-31(2)42(61-8)28-38-21-19-36(7)51(60,65-38)48(57)49(58)52-23-15-14-18-39(52)50(59)64-43(33(4)26-37-20-22-40(53)44(27-37)62-9)29-41(54)32(3)25-35(6)46(56)47(63-10)45(55)34(5)24-30;1-3-4-2/h13-15,18-19,28,33,35-37,39-42,44-47,49-50,58,62H,12,16-17,20-27,29-32H2,1-11H3;11-13,16-17,25,30,32-34,36-40,42-44,46-47,53,56,60H,14-15,18-24,26-29H2,1-10H3;3-4H2,1-2H3/b15-13+,18-14+,34-19+,38-28+;13-11?,16-12+,31-17?,35-25+;/t33-,35-,36-,37-,39-,40+,41+,42+,44-,45+,46+,47-,49-,50+,54-;30-,32-,33-,34-,36-,37+,38+,39+,40-,42+,43+,44-,46-,47+,51-;/m11./s1. The van der Waals surface area contributed by atoms with Gasteiger partial charge in [-0.15, -0.1) is 0 Å². The van der Waals surface area contributed by atoms with Gasteiger partial charge in [-0.2, -0.15) is 0 Å². The van der Waals surface area contributed by atoms with E-state index < -0.39 is 162 Å². The van der Waals surface area contributed by atoms with Crippen molar-refractivity contribution in [1.82, 2.24) is 9.80 Å². The maximum Gasteiger partial charge on any atom is 0.329 e. The van der Waals surface area contributed by atoms with Gasteiger partial charge in [0.05, 0.1) is 48.8 Å². The molecular formula is C109H174N2O26. The van der Waals surface area contributed by atoms with Crippen molar-refractivity contribution in [2.45, 2.75) is 400 Å². The quantitative estimate of drug-likeness (QED) is 0.0544. The fourth-order valence-electron chi connectivity index (χ4n) is 20.7. The van der Waals surface area contributed by atoms with Gasteiger partial charge in [-0.25, -0.2) is 9.59 Å². The van der Waals surface area contributed by atoms with Crippen molar-refractivity contribution in [2.75, 3.05) is 62.4 Å². The first kappa shape index (κ1) is 119. The second kappa shape index (κ2) is 58.7. The van der Waals surface area contributed by atoms with Gasteiger partial charge in [-0.3, -0.25) is 38.4 Å². The maximum atomic E-state index is 14.5. The van der Waals surface area contributed by atoms with Crippen molar-refractivity contribution in [1.29, 1.82) is 0 Å². The number of cyclic esters (lactones) is 2. The first-order valence-corrected chi connectivity index (χ1v) is 51.2. The monoisotopic (exact) mass is 1930 g/mol. The Balaban J connectivity index is 0.000000405. The number of rotatable bonds is 16. The number of Topliss-reactive ketones (excluding diaryl/α,β-unsaturated/α-hetero) is 6. The van der Waals surface area contributed by atoms with Crippen LogP contribution in [-0.2, 0) is 100 Å². The number of ether oxygens (including phenoxy) is 11. The van der Waals surface area contributed by atoms with E-state index in [0.717, 1.165) is 43.3 Å². The van der Waals surface area contributed by atoms with Gasteiger partial charge >= 0.3 is 11.9 Å². The van der Waals surface area contributed by atoms with E-state index in [1.807, 2.05) is 116 Å². The average molecular weight is 1930 g/mol. The van der Waals surface area contributed by atoms with Crippen LogP contribution in [0.2, 0.25) is 0 Å². The molecule has 2 saturated carbocycles. The van der Waals surface area contributed by atoms with Crippen molar-refractivity contribution in [3.05, 3.63) is 95.2 Å². The van der Waals surface area contributed by atoms with Crippen molar-refractivity contribution in [3.8, 4) is 0 Å². The molecule has 0 aromatic rings. The van der Waals surface area contributed by atoms with Gasteiger partial charge < -0.3 is 87.4 Å². The second-order valence-corrected chi connectivity index (χ2v) is 41.0. The third-order valence-electron chi connectivity index (χ3n) is 30.0. The highest BCUT2D eigenvalue weighted by atomic mass is 16.6. The molecule has 0 aromatic carbocycles. The van der Waals surface area contributed by atoms with Crippen molar-refractivity contribution in [3.63, 3.8) is 0 Å². The van der Waals surface area contributed by atoms with E-state index in [-0.39, 0.29) is 116 Å². The number of piperidine rings is 2. The Bertz CT molecular complexity index is 4110. The molecule has 5 N–H and O–H groups in total. The molecule has 8 rings (SSSR count). The van der Waals surface area contributed by atoms with Crippen LogP contribution in [0.3, 0.4) is 0 Å². The summed E-state index contributed by atoms with van der Waals surface area (Å²) in [6, 6.07) is -2.26. The highest BCUT2D eigenvalue weighted by Gasteiger charge is 2.56. The SMILES string of the molecule is CCCC.CCCO[C@@H]1CC[C@@H](C[C@@H](C)[C@@H]2CC(=O)[C@H](C)/C=C(\C)[C@@H](O)[C@@H](OC)C(=O)[C@H](C)C[C@H](C)/C=C/C=C/C=C(\C)[C@@H](OC)C[C@@H]3CC[C@@H](C)[C@@](O)(O3)C(=O)C(=O)N3CCCC[C@H]3C(=O)O2)C[C@H]1OC.CO[C@H]1C[C@@H]2CC[C@@H](C)[C@@](O)(O2)C(=O)C(=O)N2CCCC[C@H]2C(=O)O[C@H]([C@H](C)C[C@@H]2CC[C@@H](O)[C@H](OC)C2)CC(=O)[C@H](C)/C=C(\C)[C@@H](O)[C@@H](OC)C(=O)[C@H](C)C[C@H](C)/C=C/C=CC=C1C. The Morgan fingerprint density at radius 3 is 1.20 bits per heavy atom. The lowest BCUT2D eigenvalue weighted by molar-refractivity contribution is -0.265. The van der Waals surface area contributed by atoms with Crippen LogP contribution in [0.4, 0.5) is 0 Å². The Kier molecular flexibility index (Phi) is 51.0. The van der Waals surface area contributed by atoms with Gasteiger partial charge in [0, 0.05) is 124 Å². The normalized spacial score (nSPS) is 38.2. The summed E-state index contributed by atoms with van der Waals surface area (Å²) in [5, 5.41) is 57.3. The van der Waals surface area contributed by atoms with Gasteiger partial charge in [0.2, 0.25) is 11.6 Å². The number of carbonyl (C=O) groups is 10. The van der Waals surface area contributed by atoms with Crippen LogP contribution < -0.4 is 0 Å². The summed E-state index contributed by atoms with van der Waals surface area (Å²) in [5.41, 5.74) is 2.55. The minimum Gasteiger partial charge on any atom is -0.460 e. The van der Waals surface area contributed by atoms with Crippen molar-refractivity contribution >= 4 is 58.5 Å². The first-order valence-electron chi connectivity index (χ1n) is 51.2. The summed E-state index contributed by atoms with van der Waals surface area (Å²) >= 11 is 0. The van der Waals surface area contributed by atoms with Crippen LogP contribution in [0.5, 0.6) is 0 Å². The number of amides is 2. The number of hydrogen-bond acceptors (Lipinski definition) is 26. The van der Waals surface area contributed by atoms with Gasteiger partial charge in [-0.1, -0.05) is 176 Å². The van der Waals surface area contributed by atoms with Gasteiger partial charge in [-0.05, 0) is 220 Å². The molecule has 8 aliphatic rings. The molecule has 0 spiro atoms. The molecule has 28 heteroatoms. The van der Waals surface area contributed by atoms with E-state index in [0.29, 0.717) is 120 Å². The highest BCUT2D eigenvalue weighted by Crippen LogP contribution is 2.42. The largest absolute Gasteiger partial charge is 0.460 e. The number of methoxy groups -OCH3 is 6. The number of ketones is 6. The molecule has 776 valence electrons. The molecule has 6 fully saturated rings. The minimum absolute atomic E-state index is 0.0147. The van der Waals surface area contributed by atoms with Gasteiger partial charge in [0.1, 0.15) is 60.3 Å². The minimum atomic E-state index is -2.43. The Morgan fingerprint density at radius 1 is 0.431 bits per heavy atom. The van der Waals surface area contributed by atoms with Crippen LogP contribution in [0, 0.1) is 71.0 Å². The second-order valence-electron chi connectivity index (χ2n) is 41.0. The molecule has 30 atom stereocenters. The molecule has 4 saturated heterocycles. The lowest BCUT2D eigenvalue weighted by Gasteiger charge is -2.42. The summed E-state index contributed by atoms with van der Waals surface area (Å²) in [7, 11) is 9.18. The number of nitrogens with zero attached hydrogens (tertiary/aromatic N) is 2. The number of aliphatic hydroxyl groups excluding tert-OH is 3. The molecule has 0 radical (unpaired) electrons. The third kappa shape index (κ3) is 34.5. The van der Waals surface area contributed by atoms with Crippen LogP contribution in [0.25, 0.3) is 0 Å². The zero-order chi connectivity index (χ0) is 102. The predicted molar refractivity (Wildman–Crippen MR) is 525 cm³/mol. The zero-order valence-electron chi connectivity index (χ0n) is 87.0. The summed E-state index contributed by atoms with van der Waals surface area (Å²) in [6.07, 6.45) is 27.6. The van der Waals surface area contributed by atoms with Crippen LogP contribution >= 0.6 is 0 Å². The number of hydrogen-bond donors (Lipinski definition) is 5. The predicted octanol–water partition coefficient (Wildman–Crippen LogP) is 15.6. The molecule has 4 bridgehead atoms. The fraction of sp³-hybridized carbons (Fsp3) is 0.761. The summed E-state index contributed by atoms with van der Waals surface area (Å²) < 4.78 is 65.3. The molecule has 6 aliphatic heterocycles. The highest BCUT2D eigenvalue weighted by molar-refractivity contribution is 6.39. The third-order valence-corrected chi connectivity index (χ3v) is 30.0. The zero-order valence-corrected chi connectivity index (χ0v) is 87.0. The van der Waals surface area contributed by atoms with E-state index >= 15 is 0 Å². The number of allylic oxidation sites excluding steroid dienone is 12. The molecular weight excluding hydrogens is 1750 g/mol. The molecule has 2 aliphatic carbocycles. The van der Waals surface area contributed by atoms with Crippen LogP contribution in [0.1, 0.15) is 291 Å². The molecule has 137 heavy (non-hydrogen) atoms. The van der Waals surface area contributed by atoms with Crippen molar-refractivity contribution < 1.29 is 126 Å². The van der Waals surface area contributed by atoms with E-state index in [1.54, 1.807) is 82.1 Å². The Hall–Kier alpha value is -6.74. The number of carbonyl (C=O) groups excluding carboxylic acids is 10. The van der Waals surface area contributed by atoms with E-state index in [9.17, 15) is 73.5 Å². The fourth-order valence-corrected chi connectivity index (χ4v) is 20.7. The molecule has 28 nitrogen and oxygen atoms in total. The lowest BCUT2D eigenvalue weighted by atomic mass is 9.78. The Labute approximate surface area is 818 Å². The van der Waals surface area contributed by atoms with Crippen molar-refractivity contribution in [2.24, 2.45) is 71.0 Å². The molecule has 0 unspecified atom stereocenters. The summed E-state index contributed by atoms with van der Waals surface area (Å²) in [5.74, 6) is -15.7. The molecule has 0 aromatic heterocycles. The lowest BCUT2D eigenvalue weighted by Crippen LogP contribution is -2.61. The smallest absolute Gasteiger partial charge is 0.329 e. The van der Waals surface area contributed by atoms with E-state index in [2.05, 4.69) is 20.8 Å². The van der Waals surface area contributed by atoms with E-state index in [1.165, 1.54) is 36.9 Å². The van der Waals surface area contributed by atoms with Gasteiger partial charge in [0.25, 0.3) is 23.4 Å². The number of unbranched alkanes of at least 4 members (excludes halogenated alkanes) is 1. The first-order chi connectivity index (χ1) is 65.0. The number of esters is 2. The van der Waals surface area contributed by atoms with Crippen LogP contribution in [0.15, 0.2) is 95.2 Å². The summed E-state index contributed by atoms with van der Waals surface area (Å²) in [6.45, 7) is 32.7. The van der Waals surface area contributed by atoms with Crippen LogP contribution in [-0.4, -0.2) is 265 Å². The average Bonchev–Trinajstić information content (AvgIpc) is 0.777. The number of aliphatic hydroxyl groups is 5. The topological polar surface area (TPSA) is 380 Å². The Morgan fingerprint density at radius 2 is 0.825 bits per heavy atom. The van der Waals surface area contributed by atoms with Gasteiger partial charge in [0.15, 0.2) is 11.6 Å². The molecule has 2 amide bonds.